The lowest BCUT2D eigenvalue weighted by atomic mass is 10.2. The van der Waals surface area contributed by atoms with Crippen LogP contribution in [0.4, 0.5) is 26.3 Å². The Morgan fingerprint density at radius 1 is 1.17 bits per heavy atom. The van der Waals surface area contributed by atoms with Crippen LogP contribution in [-0.4, -0.2) is 23.6 Å². The molecule has 0 bridgehead atoms. The highest BCUT2D eigenvalue weighted by Gasteiger charge is 2.39. The van der Waals surface area contributed by atoms with Gasteiger partial charge < -0.3 is 14.6 Å². The number of hydrogen-bond donors (Lipinski definition) is 1. The summed E-state index contributed by atoms with van der Waals surface area (Å²) in [6.45, 7) is 0. The van der Waals surface area contributed by atoms with E-state index in [2.05, 4.69) is 14.5 Å². The predicted molar refractivity (Wildman–Crippen MR) is 44.1 cm³/mol. The van der Waals surface area contributed by atoms with E-state index in [4.69, 9.17) is 0 Å². The van der Waals surface area contributed by atoms with Crippen molar-refractivity contribution in [1.29, 1.82) is 0 Å². The van der Waals surface area contributed by atoms with Gasteiger partial charge in [0.15, 0.2) is 5.75 Å². The van der Waals surface area contributed by atoms with Gasteiger partial charge in [-0.25, -0.2) is 4.98 Å². The summed E-state index contributed by atoms with van der Waals surface area (Å²) in [6.07, 6.45) is -10.1. The summed E-state index contributed by atoms with van der Waals surface area (Å²) < 4.78 is 80.2. The molecule has 4 nitrogen and oxygen atoms in total. The van der Waals surface area contributed by atoms with E-state index >= 15 is 0 Å². The third kappa shape index (κ3) is 3.08. The van der Waals surface area contributed by atoms with Gasteiger partial charge in [-0.2, -0.15) is 13.2 Å². The first-order valence-electron chi connectivity index (χ1n) is 4.15. The lowest BCUT2D eigenvalue weighted by Gasteiger charge is -2.15. The average molecular weight is 277 g/mol. The van der Waals surface area contributed by atoms with Crippen LogP contribution < -0.4 is 9.47 Å². The van der Waals surface area contributed by atoms with Crippen LogP contribution in [0.1, 0.15) is 5.56 Å². The van der Waals surface area contributed by atoms with Crippen molar-refractivity contribution in [2.75, 3.05) is 7.11 Å². The minimum Gasteiger partial charge on any atom is -0.501 e. The number of aromatic nitrogens is 1. The number of nitrogens with zero attached hydrogens (tertiary/aromatic N) is 1. The number of pyridine rings is 1. The van der Waals surface area contributed by atoms with Gasteiger partial charge in [0.05, 0.1) is 7.11 Å². The smallest absolute Gasteiger partial charge is 0.501 e. The summed E-state index contributed by atoms with van der Waals surface area (Å²) in [5.74, 6) is -4.10. The van der Waals surface area contributed by atoms with E-state index in [0.29, 0.717) is 0 Å². The molecule has 102 valence electrons. The maximum atomic E-state index is 12.4. The molecule has 10 heteroatoms. The molecule has 1 aromatic heterocycles. The molecule has 1 heterocycles. The maximum absolute atomic E-state index is 12.4. The number of rotatable bonds is 2. The van der Waals surface area contributed by atoms with Crippen molar-refractivity contribution in [2.45, 2.75) is 12.5 Å². The molecule has 0 unspecified atom stereocenters. The molecule has 0 aromatic carbocycles. The zero-order chi connectivity index (χ0) is 14.1. The molecule has 0 amide bonds. The molecule has 0 aliphatic rings. The first-order chi connectivity index (χ1) is 8.06. The van der Waals surface area contributed by atoms with Gasteiger partial charge in [0.2, 0.25) is 5.75 Å². The van der Waals surface area contributed by atoms with Crippen LogP contribution in [0.2, 0.25) is 0 Å². The number of ether oxygens (including phenoxy) is 2. The lowest BCUT2D eigenvalue weighted by molar-refractivity contribution is -0.276. The van der Waals surface area contributed by atoms with Gasteiger partial charge in [-0.15, -0.1) is 13.2 Å². The van der Waals surface area contributed by atoms with E-state index in [9.17, 15) is 31.4 Å². The topological polar surface area (TPSA) is 51.6 Å². The number of halogens is 6. The minimum absolute atomic E-state index is 0.0691. The molecular weight excluding hydrogens is 272 g/mol. The van der Waals surface area contributed by atoms with Gasteiger partial charge in [0, 0.05) is 6.20 Å². The molecular formula is C8H5F6NO3. The fraction of sp³-hybridized carbons (Fsp3) is 0.375. The quantitative estimate of drug-likeness (QED) is 0.844. The van der Waals surface area contributed by atoms with E-state index in [1.807, 2.05) is 0 Å². The second-order valence-electron chi connectivity index (χ2n) is 2.90. The van der Waals surface area contributed by atoms with Crippen molar-refractivity contribution in [3.63, 3.8) is 0 Å². The molecule has 0 fully saturated rings. The highest BCUT2D eigenvalue weighted by Crippen LogP contribution is 2.45. The molecule has 0 radical (unpaired) electrons. The Morgan fingerprint density at radius 2 is 1.72 bits per heavy atom. The lowest BCUT2D eigenvalue weighted by Crippen LogP contribution is -2.19. The first-order valence-corrected chi connectivity index (χ1v) is 4.15. The number of hydrogen-bond acceptors (Lipinski definition) is 4. The fourth-order valence-corrected chi connectivity index (χ4v) is 1.06. The third-order valence-corrected chi connectivity index (χ3v) is 1.70. The minimum atomic E-state index is -5.20. The Labute approximate surface area is 95.8 Å². The van der Waals surface area contributed by atoms with Crippen molar-refractivity contribution in [1.82, 2.24) is 4.98 Å². The van der Waals surface area contributed by atoms with Gasteiger partial charge in [-0.1, -0.05) is 0 Å². The average Bonchev–Trinajstić information content (AvgIpc) is 2.17. The fourth-order valence-electron chi connectivity index (χ4n) is 1.06. The number of methoxy groups -OCH3 is 1. The van der Waals surface area contributed by atoms with Crippen LogP contribution in [0.15, 0.2) is 6.20 Å². The summed E-state index contributed by atoms with van der Waals surface area (Å²) >= 11 is 0. The maximum Gasteiger partial charge on any atom is 0.574 e. The second-order valence-corrected chi connectivity index (χ2v) is 2.90. The van der Waals surface area contributed by atoms with Gasteiger partial charge in [-0.3, -0.25) is 0 Å². The van der Waals surface area contributed by atoms with Crippen LogP contribution >= 0.6 is 0 Å². The second kappa shape index (κ2) is 4.42. The predicted octanol–water partition coefficient (Wildman–Crippen LogP) is 2.71. The molecule has 0 atom stereocenters. The Kier molecular flexibility index (Phi) is 3.49. The summed E-state index contributed by atoms with van der Waals surface area (Å²) in [6, 6.07) is 0. The van der Waals surface area contributed by atoms with Crippen molar-refractivity contribution < 1.29 is 40.9 Å². The van der Waals surface area contributed by atoms with Gasteiger partial charge >= 0.3 is 12.5 Å². The molecule has 0 spiro atoms. The SMILES string of the molecule is COc1c(C(F)(F)F)cnc(OC(F)(F)F)c1O. The Balaban J connectivity index is 3.29. The Morgan fingerprint density at radius 3 is 2.11 bits per heavy atom. The molecule has 1 rings (SSSR count). The molecule has 0 aliphatic carbocycles. The number of alkyl halides is 6. The summed E-state index contributed by atoms with van der Waals surface area (Å²) in [5, 5.41) is 9.18. The molecule has 0 aliphatic heterocycles. The van der Waals surface area contributed by atoms with Crippen molar-refractivity contribution in [2.24, 2.45) is 0 Å². The van der Waals surface area contributed by atoms with Gasteiger partial charge in [0.1, 0.15) is 5.56 Å². The molecule has 0 saturated carbocycles. The largest absolute Gasteiger partial charge is 0.574 e. The van der Waals surface area contributed by atoms with Gasteiger partial charge in [-0.05, 0) is 0 Å². The van der Waals surface area contributed by atoms with E-state index in [1.54, 1.807) is 0 Å². The monoisotopic (exact) mass is 277 g/mol. The molecule has 1 aromatic rings. The Hall–Kier alpha value is -1.87. The van der Waals surface area contributed by atoms with E-state index in [-0.39, 0.29) is 6.20 Å². The number of aromatic hydroxyl groups is 1. The van der Waals surface area contributed by atoms with Crippen LogP contribution in [-0.2, 0) is 6.18 Å². The summed E-state index contributed by atoms with van der Waals surface area (Å²) in [5.41, 5.74) is -1.52. The zero-order valence-electron chi connectivity index (χ0n) is 8.56. The van der Waals surface area contributed by atoms with Crippen LogP contribution in [0.5, 0.6) is 17.4 Å². The standard InChI is InChI=1S/C8H5F6NO3/c1-17-5-3(7(9,10)11)2-15-6(4(5)16)18-8(12,13)14/h2,16H,1H3. The Bertz CT molecular complexity index is 442. The van der Waals surface area contributed by atoms with Crippen molar-refractivity contribution >= 4 is 0 Å². The summed E-state index contributed by atoms with van der Waals surface area (Å²) in [4.78, 5) is 2.75. The molecule has 0 saturated heterocycles. The zero-order valence-corrected chi connectivity index (χ0v) is 8.56. The molecule has 18 heavy (non-hydrogen) atoms. The van der Waals surface area contributed by atoms with Crippen LogP contribution in [0.3, 0.4) is 0 Å². The van der Waals surface area contributed by atoms with Gasteiger partial charge in [0.25, 0.3) is 5.88 Å². The van der Waals surface area contributed by atoms with E-state index in [0.717, 1.165) is 7.11 Å². The van der Waals surface area contributed by atoms with E-state index < -0.39 is 35.5 Å². The normalized spacial score (nSPS) is 12.4. The third-order valence-electron chi connectivity index (χ3n) is 1.70. The molecule has 1 N–H and O–H groups in total. The first kappa shape index (κ1) is 14.2. The summed E-state index contributed by atoms with van der Waals surface area (Å²) in [7, 11) is 0.752. The highest BCUT2D eigenvalue weighted by atomic mass is 19.4. The van der Waals surface area contributed by atoms with Crippen LogP contribution in [0.25, 0.3) is 0 Å². The highest BCUT2D eigenvalue weighted by molar-refractivity contribution is 5.51. The van der Waals surface area contributed by atoms with E-state index in [1.165, 1.54) is 0 Å². The van der Waals surface area contributed by atoms with Crippen molar-refractivity contribution in [3.8, 4) is 17.4 Å². The van der Waals surface area contributed by atoms with Crippen LogP contribution in [0, 0.1) is 0 Å². The van der Waals surface area contributed by atoms with Crippen molar-refractivity contribution in [3.05, 3.63) is 11.8 Å².